The van der Waals surface area contributed by atoms with Gasteiger partial charge in [0.05, 0.1) is 0 Å². The monoisotopic (exact) mass is 382 g/mol. The standard InChI is InChI=1S/C22H30N4O2/c1-14-15(2)19(14)20(27)25-7-4-22(5-8-25)9-18(22)11-24-21(28)26-12-16-3-6-23-10-17(16)13-26/h3,6,10,14-15,18-19H,4-5,7-9,11-13H2,1-2H3,(H,24,28). The number of urea groups is 1. The molecule has 3 atom stereocenters. The lowest BCUT2D eigenvalue weighted by molar-refractivity contribution is -0.134. The number of aromatic nitrogens is 1. The lowest BCUT2D eigenvalue weighted by Gasteiger charge is -2.33. The number of pyridine rings is 1. The Balaban J connectivity index is 1.07. The number of nitrogens with zero attached hydrogens (tertiary/aromatic N) is 3. The summed E-state index contributed by atoms with van der Waals surface area (Å²) in [6, 6.07) is 2.03. The van der Waals surface area contributed by atoms with Crippen LogP contribution in [0.5, 0.6) is 0 Å². The van der Waals surface area contributed by atoms with E-state index in [0.29, 0.717) is 42.2 Å². The average molecular weight is 383 g/mol. The third-order valence-corrected chi connectivity index (χ3v) is 8.05. The molecule has 0 radical (unpaired) electrons. The minimum atomic E-state index is 0.0302. The third kappa shape index (κ3) is 2.97. The Morgan fingerprint density at radius 3 is 2.54 bits per heavy atom. The van der Waals surface area contributed by atoms with Gasteiger partial charge in [-0.2, -0.15) is 0 Å². The maximum atomic E-state index is 12.6. The topological polar surface area (TPSA) is 65.5 Å². The van der Waals surface area contributed by atoms with E-state index in [4.69, 9.17) is 0 Å². The summed E-state index contributed by atoms with van der Waals surface area (Å²) in [6.45, 7) is 8.26. The quantitative estimate of drug-likeness (QED) is 0.874. The lowest BCUT2D eigenvalue weighted by Crippen LogP contribution is -2.42. The van der Waals surface area contributed by atoms with E-state index in [1.54, 1.807) is 6.20 Å². The highest BCUT2D eigenvalue weighted by Crippen LogP contribution is 2.59. The first-order valence-electron chi connectivity index (χ1n) is 10.7. The van der Waals surface area contributed by atoms with Gasteiger partial charge in [0.25, 0.3) is 0 Å². The molecule has 1 N–H and O–H groups in total. The Bertz CT molecular complexity index is 768. The van der Waals surface area contributed by atoms with Crippen molar-refractivity contribution in [1.82, 2.24) is 20.1 Å². The van der Waals surface area contributed by atoms with Gasteiger partial charge in [-0.15, -0.1) is 0 Å². The van der Waals surface area contributed by atoms with Crippen LogP contribution in [-0.2, 0) is 17.9 Å². The van der Waals surface area contributed by atoms with Crippen molar-refractivity contribution in [2.24, 2.45) is 29.1 Å². The molecule has 3 heterocycles. The van der Waals surface area contributed by atoms with Crippen molar-refractivity contribution in [3.05, 3.63) is 29.6 Å². The van der Waals surface area contributed by atoms with Gasteiger partial charge >= 0.3 is 6.03 Å². The lowest BCUT2D eigenvalue weighted by atomic mass is 9.90. The maximum absolute atomic E-state index is 12.6. The summed E-state index contributed by atoms with van der Waals surface area (Å²) in [5, 5.41) is 3.15. The van der Waals surface area contributed by atoms with E-state index >= 15 is 0 Å². The number of nitrogens with one attached hydrogen (secondary N) is 1. The minimum Gasteiger partial charge on any atom is -0.342 e. The van der Waals surface area contributed by atoms with Gasteiger partial charge < -0.3 is 15.1 Å². The summed E-state index contributed by atoms with van der Waals surface area (Å²) < 4.78 is 0. The van der Waals surface area contributed by atoms with Crippen molar-refractivity contribution < 1.29 is 9.59 Å². The largest absolute Gasteiger partial charge is 0.342 e. The fourth-order valence-electron chi connectivity index (χ4n) is 5.51. The van der Waals surface area contributed by atoms with Crippen molar-refractivity contribution in [3.63, 3.8) is 0 Å². The zero-order valence-corrected chi connectivity index (χ0v) is 16.9. The van der Waals surface area contributed by atoms with E-state index in [2.05, 4.69) is 29.0 Å². The van der Waals surface area contributed by atoms with Crippen LogP contribution >= 0.6 is 0 Å². The van der Waals surface area contributed by atoms with Gasteiger partial charge in [0.1, 0.15) is 0 Å². The smallest absolute Gasteiger partial charge is 0.318 e. The number of likely N-dealkylation sites (tertiary alicyclic amines) is 1. The van der Waals surface area contributed by atoms with Crippen molar-refractivity contribution in [2.75, 3.05) is 19.6 Å². The van der Waals surface area contributed by atoms with Crippen LogP contribution in [-0.4, -0.2) is 46.4 Å². The minimum absolute atomic E-state index is 0.0302. The Labute approximate surface area is 166 Å². The first kappa shape index (κ1) is 18.0. The molecule has 2 aliphatic heterocycles. The summed E-state index contributed by atoms with van der Waals surface area (Å²) in [4.78, 5) is 33.3. The maximum Gasteiger partial charge on any atom is 0.318 e. The van der Waals surface area contributed by atoms with Crippen LogP contribution in [0, 0.1) is 29.1 Å². The van der Waals surface area contributed by atoms with E-state index in [1.807, 2.05) is 17.2 Å². The van der Waals surface area contributed by atoms with Crippen LogP contribution in [0.4, 0.5) is 4.79 Å². The number of fused-ring (bicyclic) bond motifs is 1. The highest BCUT2D eigenvalue weighted by Gasteiger charge is 2.56. The van der Waals surface area contributed by atoms with E-state index in [9.17, 15) is 9.59 Å². The van der Waals surface area contributed by atoms with Gasteiger partial charge in [-0.3, -0.25) is 9.78 Å². The molecule has 3 fully saturated rings. The fourth-order valence-corrected chi connectivity index (χ4v) is 5.51. The van der Waals surface area contributed by atoms with Gasteiger partial charge in [-0.1, -0.05) is 13.8 Å². The zero-order valence-electron chi connectivity index (χ0n) is 16.9. The van der Waals surface area contributed by atoms with Gasteiger partial charge in [-0.25, -0.2) is 4.79 Å². The van der Waals surface area contributed by atoms with Gasteiger partial charge in [0.2, 0.25) is 5.91 Å². The molecule has 1 aromatic heterocycles. The zero-order chi connectivity index (χ0) is 19.5. The number of carbonyl (C=O) groups excluding carboxylic acids is 2. The summed E-state index contributed by atoms with van der Waals surface area (Å²) in [7, 11) is 0. The molecular weight excluding hydrogens is 352 g/mol. The van der Waals surface area contributed by atoms with Crippen molar-refractivity contribution in [2.45, 2.75) is 46.2 Å². The van der Waals surface area contributed by atoms with Crippen LogP contribution in [0.2, 0.25) is 0 Å². The molecule has 0 bridgehead atoms. The number of carbonyl (C=O) groups is 2. The van der Waals surface area contributed by atoms with Gasteiger partial charge in [0, 0.05) is 51.0 Å². The van der Waals surface area contributed by atoms with Crippen molar-refractivity contribution >= 4 is 11.9 Å². The molecule has 4 aliphatic rings. The van der Waals surface area contributed by atoms with Crippen LogP contribution in [0.25, 0.3) is 0 Å². The molecule has 5 rings (SSSR count). The fraction of sp³-hybridized carbons (Fsp3) is 0.682. The normalized spacial score (nSPS) is 32.2. The van der Waals surface area contributed by atoms with Gasteiger partial charge in [0.15, 0.2) is 0 Å². The molecule has 2 saturated carbocycles. The van der Waals surface area contributed by atoms with Crippen LogP contribution in [0.1, 0.15) is 44.2 Å². The molecule has 6 heteroatoms. The van der Waals surface area contributed by atoms with E-state index in [0.717, 1.165) is 38.0 Å². The number of amides is 3. The first-order valence-corrected chi connectivity index (χ1v) is 10.7. The van der Waals surface area contributed by atoms with Gasteiger partial charge in [-0.05, 0) is 59.6 Å². The average Bonchev–Trinajstić information content (AvgIpc) is 3.46. The summed E-state index contributed by atoms with van der Waals surface area (Å²) in [6.07, 6.45) is 7.02. The second-order valence-corrected chi connectivity index (χ2v) is 9.52. The number of hydrogen-bond donors (Lipinski definition) is 1. The number of hydrogen-bond acceptors (Lipinski definition) is 3. The van der Waals surface area contributed by atoms with Crippen LogP contribution in [0.15, 0.2) is 18.5 Å². The molecule has 1 aromatic rings. The summed E-state index contributed by atoms with van der Waals surface area (Å²) >= 11 is 0. The Kier molecular flexibility index (Phi) is 4.14. The Morgan fingerprint density at radius 1 is 1.14 bits per heavy atom. The molecule has 28 heavy (non-hydrogen) atoms. The Morgan fingerprint density at radius 2 is 1.86 bits per heavy atom. The predicted molar refractivity (Wildman–Crippen MR) is 105 cm³/mol. The molecule has 6 nitrogen and oxygen atoms in total. The summed E-state index contributed by atoms with van der Waals surface area (Å²) in [5.74, 6) is 2.32. The molecule has 1 saturated heterocycles. The SMILES string of the molecule is CC1C(C)C1C(=O)N1CCC2(CC1)CC2CNC(=O)N1Cc2ccncc2C1. The highest BCUT2D eigenvalue weighted by molar-refractivity contribution is 5.82. The molecule has 3 amide bonds. The van der Waals surface area contributed by atoms with Crippen LogP contribution in [0.3, 0.4) is 0 Å². The molecule has 0 aromatic carbocycles. The van der Waals surface area contributed by atoms with E-state index in [-0.39, 0.29) is 11.9 Å². The summed E-state index contributed by atoms with van der Waals surface area (Å²) in [5.41, 5.74) is 2.71. The van der Waals surface area contributed by atoms with E-state index < -0.39 is 0 Å². The highest BCUT2D eigenvalue weighted by atomic mass is 16.2. The second kappa shape index (κ2) is 6.46. The number of piperidine rings is 1. The van der Waals surface area contributed by atoms with Crippen LogP contribution < -0.4 is 5.32 Å². The predicted octanol–water partition coefficient (Wildman–Crippen LogP) is 2.64. The first-order chi connectivity index (χ1) is 13.5. The van der Waals surface area contributed by atoms with Crippen molar-refractivity contribution in [3.8, 4) is 0 Å². The van der Waals surface area contributed by atoms with E-state index in [1.165, 1.54) is 12.0 Å². The molecule has 150 valence electrons. The third-order valence-electron chi connectivity index (χ3n) is 8.05. The molecular formula is C22H30N4O2. The molecule has 2 aliphatic carbocycles. The van der Waals surface area contributed by atoms with Crippen molar-refractivity contribution in [1.29, 1.82) is 0 Å². The second-order valence-electron chi connectivity index (χ2n) is 9.52. The Hall–Kier alpha value is -2.11. The number of rotatable bonds is 3. The molecule has 3 unspecified atom stereocenters. The molecule has 1 spiro atoms.